The number of amides is 1. The molecule has 0 fully saturated rings. The second kappa shape index (κ2) is 6.40. The van der Waals surface area contributed by atoms with E-state index in [-0.39, 0.29) is 12.3 Å². The number of nitrogens with two attached hydrogens (primary N) is 1. The van der Waals surface area contributed by atoms with Crippen LogP contribution in [0.15, 0.2) is 60.7 Å². The second-order valence-corrected chi connectivity index (χ2v) is 5.32. The number of nitrogens with one attached hydrogen (secondary N) is 1. The van der Waals surface area contributed by atoms with Gasteiger partial charge in [0, 0.05) is 16.8 Å². The summed E-state index contributed by atoms with van der Waals surface area (Å²) in [6.07, 6.45) is 0.275. The fourth-order valence-corrected chi connectivity index (χ4v) is 2.65. The highest BCUT2D eigenvalue weighted by Crippen LogP contribution is 2.25. The highest BCUT2D eigenvalue weighted by Gasteiger charge is 2.09. The molecular weight excluding hydrogens is 288 g/mol. The van der Waals surface area contributed by atoms with Crippen molar-refractivity contribution in [3.05, 3.63) is 66.2 Å². The minimum Gasteiger partial charge on any atom is -0.497 e. The van der Waals surface area contributed by atoms with Gasteiger partial charge in [0.2, 0.25) is 5.91 Å². The number of ether oxygens (including phenoxy) is 1. The van der Waals surface area contributed by atoms with E-state index in [2.05, 4.69) is 5.32 Å². The molecule has 3 rings (SSSR count). The van der Waals surface area contributed by atoms with E-state index in [1.54, 1.807) is 7.11 Å². The van der Waals surface area contributed by atoms with Gasteiger partial charge in [-0.2, -0.15) is 0 Å². The van der Waals surface area contributed by atoms with E-state index in [0.717, 1.165) is 27.8 Å². The molecule has 3 N–H and O–H groups in total. The molecule has 3 aromatic rings. The molecule has 0 unspecified atom stereocenters. The highest BCUT2D eigenvalue weighted by molar-refractivity contribution is 6.00. The quantitative estimate of drug-likeness (QED) is 0.724. The summed E-state index contributed by atoms with van der Waals surface area (Å²) in [6, 6.07) is 18.9. The normalized spacial score (nSPS) is 10.5. The maximum absolute atomic E-state index is 12.3. The Morgan fingerprint density at radius 1 is 1.04 bits per heavy atom. The van der Waals surface area contributed by atoms with Crippen molar-refractivity contribution in [2.75, 3.05) is 18.2 Å². The third-order valence-corrected chi connectivity index (χ3v) is 3.75. The summed E-state index contributed by atoms with van der Waals surface area (Å²) in [6.45, 7) is 0. The van der Waals surface area contributed by atoms with Crippen molar-refractivity contribution in [1.82, 2.24) is 0 Å². The van der Waals surface area contributed by atoms with E-state index in [9.17, 15) is 4.79 Å². The molecule has 4 heteroatoms. The summed E-state index contributed by atoms with van der Waals surface area (Å²) >= 11 is 0. The van der Waals surface area contributed by atoms with Crippen molar-refractivity contribution < 1.29 is 9.53 Å². The molecule has 0 aromatic heterocycles. The van der Waals surface area contributed by atoms with Crippen LogP contribution in [0.2, 0.25) is 0 Å². The van der Waals surface area contributed by atoms with Gasteiger partial charge >= 0.3 is 0 Å². The van der Waals surface area contributed by atoms with Crippen molar-refractivity contribution in [2.45, 2.75) is 6.42 Å². The maximum atomic E-state index is 12.3. The zero-order chi connectivity index (χ0) is 16.2. The van der Waals surface area contributed by atoms with Gasteiger partial charge < -0.3 is 15.8 Å². The van der Waals surface area contributed by atoms with Gasteiger partial charge in [0.25, 0.3) is 0 Å². The van der Waals surface area contributed by atoms with E-state index in [0.29, 0.717) is 5.69 Å². The molecule has 0 saturated heterocycles. The first-order chi connectivity index (χ1) is 11.2. The minimum atomic E-state index is -0.0779. The lowest BCUT2D eigenvalue weighted by molar-refractivity contribution is -0.115. The third kappa shape index (κ3) is 3.26. The lowest BCUT2D eigenvalue weighted by Crippen LogP contribution is -2.14. The van der Waals surface area contributed by atoms with Crippen molar-refractivity contribution in [2.24, 2.45) is 0 Å². The lowest BCUT2D eigenvalue weighted by Gasteiger charge is -2.10. The molecule has 0 aliphatic carbocycles. The van der Waals surface area contributed by atoms with Crippen molar-refractivity contribution in [1.29, 1.82) is 0 Å². The van der Waals surface area contributed by atoms with Crippen molar-refractivity contribution in [3.63, 3.8) is 0 Å². The summed E-state index contributed by atoms with van der Waals surface area (Å²) in [5, 5.41) is 4.88. The number of carbonyl (C=O) groups excluding carboxylic acids is 1. The average Bonchev–Trinajstić information content (AvgIpc) is 2.56. The van der Waals surface area contributed by atoms with Crippen molar-refractivity contribution >= 4 is 28.1 Å². The summed E-state index contributed by atoms with van der Waals surface area (Å²) in [5.74, 6) is 0.677. The molecule has 116 valence electrons. The topological polar surface area (TPSA) is 64.3 Å². The van der Waals surface area contributed by atoms with Gasteiger partial charge in [-0.3, -0.25) is 4.79 Å². The number of nitrogen functional groups attached to an aromatic ring is 1. The van der Waals surface area contributed by atoms with E-state index in [1.165, 1.54) is 0 Å². The first-order valence-electron chi connectivity index (χ1n) is 7.37. The minimum absolute atomic E-state index is 0.0779. The molecule has 0 aliphatic rings. The Morgan fingerprint density at radius 3 is 2.43 bits per heavy atom. The number of benzene rings is 3. The molecule has 23 heavy (non-hydrogen) atoms. The zero-order valence-corrected chi connectivity index (χ0v) is 12.9. The number of hydrogen-bond donors (Lipinski definition) is 2. The number of carbonyl (C=O) groups is 1. The van der Waals surface area contributed by atoms with E-state index < -0.39 is 0 Å². The average molecular weight is 306 g/mol. The summed E-state index contributed by atoms with van der Waals surface area (Å²) < 4.78 is 5.10. The van der Waals surface area contributed by atoms with Crippen molar-refractivity contribution in [3.8, 4) is 5.75 Å². The van der Waals surface area contributed by atoms with Crippen LogP contribution in [0.1, 0.15) is 5.56 Å². The molecule has 1 amide bonds. The Kier molecular flexibility index (Phi) is 4.15. The Balaban J connectivity index is 1.80. The predicted octanol–water partition coefficient (Wildman–Crippen LogP) is 3.61. The SMILES string of the molecule is COc1ccc(NC(=O)Cc2cccc3cccc(N)c23)cc1. The molecule has 0 bridgehead atoms. The van der Waals surface area contributed by atoms with E-state index >= 15 is 0 Å². The van der Waals surface area contributed by atoms with Crippen LogP contribution >= 0.6 is 0 Å². The summed E-state index contributed by atoms with van der Waals surface area (Å²) in [5.41, 5.74) is 8.42. The van der Waals surface area contributed by atoms with E-state index in [1.807, 2.05) is 60.7 Å². The first kappa shape index (κ1) is 14.9. The van der Waals surface area contributed by atoms with Crippen LogP contribution < -0.4 is 15.8 Å². The van der Waals surface area contributed by atoms with Crippen LogP contribution in [-0.4, -0.2) is 13.0 Å². The number of methoxy groups -OCH3 is 1. The number of hydrogen-bond acceptors (Lipinski definition) is 3. The van der Waals surface area contributed by atoms with E-state index in [4.69, 9.17) is 10.5 Å². The van der Waals surface area contributed by atoms with Crippen LogP contribution in [-0.2, 0) is 11.2 Å². The van der Waals surface area contributed by atoms with Crippen LogP contribution in [0.5, 0.6) is 5.75 Å². The molecule has 3 aromatic carbocycles. The molecule has 4 nitrogen and oxygen atoms in total. The molecule has 0 spiro atoms. The Morgan fingerprint density at radius 2 is 1.74 bits per heavy atom. The van der Waals surface area contributed by atoms with Gasteiger partial charge in [-0.25, -0.2) is 0 Å². The van der Waals surface area contributed by atoms with Gasteiger partial charge in [0.05, 0.1) is 13.5 Å². The molecule has 0 heterocycles. The van der Waals surface area contributed by atoms with Gasteiger partial charge in [-0.05, 0) is 41.3 Å². The molecular formula is C19H18N2O2. The number of rotatable bonds is 4. The van der Waals surface area contributed by atoms with Gasteiger partial charge in [0.15, 0.2) is 0 Å². The van der Waals surface area contributed by atoms with Crippen LogP contribution in [0, 0.1) is 0 Å². The number of fused-ring (bicyclic) bond motifs is 1. The van der Waals surface area contributed by atoms with Gasteiger partial charge in [-0.15, -0.1) is 0 Å². The highest BCUT2D eigenvalue weighted by atomic mass is 16.5. The van der Waals surface area contributed by atoms with Crippen LogP contribution in [0.25, 0.3) is 10.8 Å². The fourth-order valence-electron chi connectivity index (χ4n) is 2.65. The number of anilines is 2. The largest absolute Gasteiger partial charge is 0.497 e. The summed E-state index contributed by atoms with van der Waals surface area (Å²) in [4.78, 5) is 12.3. The monoisotopic (exact) mass is 306 g/mol. The second-order valence-electron chi connectivity index (χ2n) is 5.32. The third-order valence-electron chi connectivity index (χ3n) is 3.75. The maximum Gasteiger partial charge on any atom is 0.228 e. The molecule has 0 atom stereocenters. The molecule has 0 radical (unpaired) electrons. The first-order valence-corrected chi connectivity index (χ1v) is 7.37. The standard InChI is InChI=1S/C19H18N2O2/c1-23-16-10-8-15(9-11-16)21-18(22)12-14-6-2-4-13-5-3-7-17(20)19(13)14/h2-11H,12,20H2,1H3,(H,21,22). The van der Waals surface area contributed by atoms with Gasteiger partial charge in [0.1, 0.15) is 5.75 Å². The van der Waals surface area contributed by atoms with Gasteiger partial charge in [-0.1, -0.05) is 30.3 Å². The van der Waals surface area contributed by atoms with Crippen LogP contribution in [0.3, 0.4) is 0 Å². The smallest absolute Gasteiger partial charge is 0.228 e. The molecule has 0 aliphatic heterocycles. The zero-order valence-electron chi connectivity index (χ0n) is 12.9. The summed E-state index contributed by atoms with van der Waals surface area (Å²) in [7, 11) is 1.61. The fraction of sp³-hybridized carbons (Fsp3) is 0.105. The Labute approximate surface area is 134 Å². The Hall–Kier alpha value is -3.01. The Bertz CT molecular complexity index is 836. The molecule has 0 saturated carbocycles. The van der Waals surface area contributed by atoms with Crippen LogP contribution in [0.4, 0.5) is 11.4 Å². The lowest BCUT2D eigenvalue weighted by atomic mass is 10.0. The predicted molar refractivity (Wildman–Crippen MR) is 93.7 cm³/mol.